The second kappa shape index (κ2) is 7.05. The average molecular weight is 429 g/mol. The van der Waals surface area contributed by atoms with E-state index in [4.69, 9.17) is 9.47 Å². The van der Waals surface area contributed by atoms with Gasteiger partial charge in [-0.15, -0.1) is 0 Å². The van der Waals surface area contributed by atoms with Gasteiger partial charge in [0, 0.05) is 11.6 Å². The van der Waals surface area contributed by atoms with E-state index >= 15 is 0 Å². The van der Waals surface area contributed by atoms with Crippen molar-refractivity contribution in [3.05, 3.63) is 66.2 Å². The third kappa shape index (κ3) is 2.82. The van der Waals surface area contributed by atoms with Crippen LogP contribution in [0, 0.1) is 35.5 Å². The standard InChI is InChI=1S/C26H23NO5/c1-31-16-6-2-4-14(10-16)22(28)13-32-17-7-3-5-15(11-17)27-25(29)23-18-8-9-19(21-12-20(18)21)24(23)26(27)30/h2-11,18-21,23-24H,12-13H2,1H3/t18-,19-,20-,21+,23+,24+/m0/s1. The molecule has 6 nitrogen and oxygen atoms in total. The molecule has 32 heavy (non-hydrogen) atoms. The number of carbonyl (C=O) groups is 3. The van der Waals surface area contributed by atoms with Crippen molar-refractivity contribution in [2.75, 3.05) is 18.6 Å². The number of hydrogen-bond acceptors (Lipinski definition) is 5. The molecule has 0 spiro atoms. The first-order chi connectivity index (χ1) is 15.6. The van der Waals surface area contributed by atoms with Crippen LogP contribution in [-0.2, 0) is 9.59 Å². The lowest BCUT2D eigenvalue weighted by Crippen LogP contribution is -2.40. The largest absolute Gasteiger partial charge is 0.497 e. The van der Waals surface area contributed by atoms with Crippen molar-refractivity contribution in [3.63, 3.8) is 0 Å². The van der Waals surface area contributed by atoms with E-state index in [1.165, 1.54) is 4.90 Å². The summed E-state index contributed by atoms with van der Waals surface area (Å²) in [5.41, 5.74) is 1.00. The Balaban J connectivity index is 1.20. The lowest BCUT2D eigenvalue weighted by molar-refractivity contribution is -0.124. The molecule has 1 aliphatic heterocycles. The van der Waals surface area contributed by atoms with Crippen molar-refractivity contribution < 1.29 is 23.9 Å². The van der Waals surface area contributed by atoms with Crippen molar-refractivity contribution >= 4 is 23.3 Å². The molecular formula is C26H23NO5. The highest BCUT2D eigenvalue weighted by molar-refractivity contribution is 6.22. The molecule has 1 heterocycles. The number of allylic oxidation sites excluding steroid dienone is 2. The minimum Gasteiger partial charge on any atom is -0.497 e. The van der Waals surface area contributed by atoms with Crippen LogP contribution in [0.1, 0.15) is 16.8 Å². The molecule has 6 atom stereocenters. The van der Waals surface area contributed by atoms with Crippen molar-refractivity contribution in [2.24, 2.45) is 35.5 Å². The van der Waals surface area contributed by atoms with Gasteiger partial charge in [0.15, 0.2) is 12.4 Å². The van der Waals surface area contributed by atoms with Gasteiger partial charge in [-0.25, -0.2) is 4.90 Å². The number of hydrogen-bond donors (Lipinski definition) is 0. The summed E-state index contributed by atoms with van der Waals surface area (Å²) in [6.45, 7) is -0.152. The molecule has 2 aromatic carbocycles. The summed E-state index contributed by atoms with van der Waals surface area (Å²) in [7, 11) is 1.55. The smallest absolute Gasteiger partial charge is 0.238 e. The fourth-order valence-electron chi connectivity index (χ4n) is 5.95. The Labute approximate surface area is 185 Å². The molecule has 6 heteroatoms. The van der Waals surface area contributed by atoms with Crippen LogP contribution >= 0.6 is 0 Å². The summed E-state index contributed by atoms with van der Waals surface area (Å²) in [5, 5.41) is 0. The summed E-state index contributed by atoms with van der Waals surface area (Å²) >= 11 is 0. The van der Waals surface area contributed by atoms with Gasteiger partial charge >= 0.3 is 0 Å². The van der Waals surface area contributed by atoms with E-state index in [1.807, 2.05) is 0 Å². The molecule has 1 saturated heterocycles. The average Bonchev–Trinajstić information content (AvgIpc) is 3.61. The first-order valence-electron chi connectivity index (χ1n) is 11.0. The first kappa shape index (κ1) is 19.3. The highest BCUT2D eigenvalue weighted by atomic mass is 16.5. The molecule has 162 valence electrons. The number of ether oxygens (including phenoxy) is 2. The molecule has 5 aliphatic rings. The normalized spacial score (nSPS) is 31.3. The summed E-state index contributed by atoms with van der Waals surface area (Å²) in [6.07, 6.45) is 5.47. The van der Waals surface area contributed by atoms with Crippen LogP contribution in [0.25, 0.3) is 0 Å². The monoisotopic (exact) mass is 429 g/mol. The van der Waals surface area contributed by atoms with E-state index in [9.17, 15) is 14.4 Å². The second-order valence-electron chi connectivity index (χ2n) is 9.11. The number of benzene rings is 2. The molecule has 2 bridgehead atoms. The molecule has 0 radical (unpaired) electrons. The van der Waals surface area contributed by atoms with Gasteiger partial charge in [0.25, 0.3) is 0 Å². The molecular weight excluding hydrogens is 406 g/mol. The maximum atomic E-state index is 13.3. The van der Waals surface area contributed by atoms with Crippen molar-refractivity contribution in [2.45, 2.75) is 6.42 Å². The Morgan fingerprint density at radius 1 is 0.938 bits per heavy atom. The second-order valence-corrected chi connectivity index (χ2v) is 9.11. The number of rotatable bonds is 6. The van der Waals surface area contributed by atoms with Gasteiger partial charge in [-0.3, -0.25) is 14.4 Å². The van der Waals surface area contributed by atoms with Gasteiger partial charge in [0.1, 0.15) is 11.5 Å². The number of nitrogens with zero attached hydrogens (tertiary/aromatic N) is 1. The van der Waals surface area contributed by atoms with E-state index in [0.29, 0.717) is 34.6 Å². The van der Waals surface area contributed by atoms with E-state index in [2.05, 4.69) is 12.2 Å². The Morgan fingerprint density at radius 3 is 2.28 bits per heavy atom. The maximum Gasteiger partial charge on any atom is 0.238 e. The van der Waals surface area contributed by atoms with E-state index in [-0.39, 0.29) is 47.9 Å². The molecule has 3 fully saturated rings. The van der Waals surface area contributed by atoms with Crippen LogP contribution in [0.5, 0.6) is 11.5 Å². The Bertz CT molecular complexity index is 1130. The highest BCUT2D eigenvalue weighted by Crippen LogP contribution is 2.65. The van der Waals surface area contributed by atoms with Gasteiger partial charge in [-0.1, -0.05) is 30.4 Å². The van der Waals surface area contributed by atoms with Crippen LogP contribution in [0.4, 0.5) is 5.69 Å². The Morgan fingerprint density at radius 2 is 1.59 bits per heavy atom. The zero-order chi connectivity index (χ0) is 22.0. The molecule has 0 unspecified atom stereocenters. The molecule has 2 aromatic rings. The number of amides is 2. The summed E-state index contributed by atoms with van der Waals surface area (Å²) in [5.74, 6) is 1.71. The van der Waals surface area contributed by atoms with Crippen LogP contribution < -0.4 is 14.4 Å². The Kier molecular flexibility index (Phi) is 4.25. The fraction of sp³-hybridized carbons (Fsp3) is 0.346. The zero-order valence-electron chi connectivity index (χ0n) is 17.6. The number of Topliss-reactive ketones (excluding diaryl/α,β-unsaturated/α-hetero) is 1. The SMILES string of the molecule is COc1cccc(C(=O)COc2cccc(N3C(=O)[C@@H]4[C@H]5C=C[C@@H]([C@@H]6C[C@H]56)[C@H]4C3=O)c2)c1. The third-order valence-electron chi connectivity index (χ3n) is 7.50. The van der Waals surface area contributed by atoms with E-state index in [0.717, 1.165) is 6.42 Å². The summed E-state index contributed by atoms with van der Waals surface area (Å²) in [6, 6.07) is 13.8. The van der Waals surface area contributed by atoms with Crippen molar-refractivity contribution in [1.29, 1.82) is 0 Å². The van der Waals surface area contributed by atoms with Crippen LogP contribution in [0.15, 0.2) is 60.7 Å². The molecule has 0 aromatic heterocycles. The topological polar surface area (TPSA) is 72.9 Å². The molecule has 4 aliphatic carbocycles. The predicted octanol–water partition coefficient (Wildman–Crippen LogP) is 3.51. The first-order valence-corrected chi connectivity index (χ1v) is 11.0. The van der Waals surface area contributed by atoms with Gasteiger partial charge in [-0.2, -0.15) is 0 Å². The third-order valence-corrected chi connectivity index (χ3v) is 7.50. The van der Waals surface area contributed by atoms with Crippen LogP contribution in [-0.4, -0.2) is 31.3 Å². The van der Waals surface area contributed by atoms with Crippen molar-refractivity contribution in [3.8, 4) is 11.5 Å². The van der Waals surface area contributed by atoms with Gasteiger partial charge in [0.2, 0.25) is 11.8 Å². The highest BCUT2D eigenvalue weighted by Gasteiger charge is 2.67. The Hall–Kier alpha value is -3.41. The minimum atomic E-state index is -0.236. The molecule has 0 N–H and O–H groups in total. The maximum absolute atomic E-state index is 13.3. The van der Waals surface area contributed by atoms with E-state index in [1.54, 1.807) is 55.6 Å². The van der Waals surface area contributed by atoms with Gasteiger partial charge < -0.3 is 9.47 Å². The van der Waals surface area contributed by atoms with Crippen LogP contribution in [0.3, 0.4) is 0 Å². The summed E-state index contributed by atoms with van der Waals surface area (Å²) < 4.78 is 10.9. The fourth-order valence-corrected chi connectivity index (χ4v) is 5.95. The number of methoxy groups -OCH3 is 1. The van der Waals surface area contributed by atoms with E-state index < -0.39 is 0 Å². The number of imide groups is 1. The quantitative estimate of drug-likeness (QED) is 0.399. The predicted molar refractivity (Wildman–Crippen MR) is 116 cm³/mol. The molecule has 2 saturated carbocycles. The van der Waals surface area contributed by atoms with Crippen LogP contribution in [0.2, 0.25) is 0 Å². The lowest BCUT2D eigenvalue weighted by Gasteiger charge is -2.37. The zero-order valence-corrected chi connectivity index (χ0v) is 17.6. The van der Waals surface area contributed by atoms with Gasteiger partial charge in [0.05, 0.1) is 24.6 Å². The minimum absolute atomic E-state index is 0.102. The number of anilines is 1. The molecule has 7 rings (SSSR count). The number of ketones is 1. The summed E-state index contributed by atoms with van der Waals surface area (Å²) in [4.78, 5) is 40.4. The molecule has 2 amide bonds. The lowest BCUT2D eigenvalue weighted by atomic mass is 9.63. The number of carbonyl (C=O) groups excluding carboxylic acids is 3. The van der Waals surface area contributed by atoms with Gasteiger partial charge in [-0.05, 0) is 54.4 Å². The van der Waals surface area contributed by atoms with Crippen molar-refractivity contribution in [1.82, 2.24) is 0 Å².